The van der Waals surface area contributed by atoms with Crippen LogP contribution in [0.5, 0.6) is 0 Å². The second kappa shape index (κ2) is 5.61. The second-order valence-electron chi connectivity index (χ2n) is 3.57. The standard InChI is InChI=1S/C12H10Br2FNS/c1-16-12(8-5-17-6-10(8)14)7-2-3-9(13)11(15)4-7/h2-6,12,16H,1H3. The molecule has 0 fully saturated rings. The van der Waals surface area contributed by atoms with E-state index in [-0.39, 0.29) is 11.9 Å². The number of halogens is 3. The largest absolute Gasteiger partial charge is 0.309 e. The van der Waals surface area contributed by atoms with Crippen LogP contribution in [-0.2, 0) is 0 Å². The first kappa shape index (κ1) is 13.2. The molecule has 0 saturated heterocycles. The van der Waals surface area contributed by atoms with Gasteiger partial charge < -0.3 is 5.32 Å². The molecule has 0 bridgehead atoms. The van der Waals surface area contributed by atoms with Gasteiger partial charge in [0.1, 0.15) is 5.82 Å². The molecule has 1 heterocycles. The van der Waals surface area contributed by atoms with Crippen molar-refractivity contribution in [2.45, 2.75) is 6.04 Å². The van der Waals surface area contributed by atoms with E-state index >= 15 is 0 Å². The van der Waals surface area contributed by atoms with E-state index in [4.69, 9.17) is 0 Å². The summed E-state index contributed by atoms with van der Waals surface area (Å²) in [6.07, 6.45) is 0. The molecule has 2 aromatic rings. The van der Waals surface area contributed by atoms with Gasteiger partial charge in [0.05, 0.1) is 10.5 Å². The van der Waals surface area contributed by atoms with Gasteiger partial charge in [-0.15, -0.1) is 0 Å². The normalized spacial score (nSPS) is 12.7. The minimum atomic E-state index is -0.242. The molecule has 1 aromatic heterocycles. The first-order valence-corrected chi connectivity index (χ1v) is 7.50. The summed E-state index contributed by atoms with van der Waals surface area (Å²) in [4.78, 5) is 0. The number of rotatable bonds is 3. The van der Waals surface area contributed by atoms with Gasteiger partial charge in [-0.05, 0) is 67.5 Å². The molecule has 5 heteroatoms. The zero-order valence-corrected chi connectivity index (χ0v) is 13.0. The minimum Gasteiger partial charge on any atom is -0.309 e. The second-order valence-corrected chi connectivity index (χ2v) is 6.02. The molecule has 1 atom stereocenters. The third-order valence-electron chi connectivity index (χ3n) is 2.52. The average Bonchev–Trinajstić information content (AvgIpc) is 2.71. The summed E-state index contributed by atoms with van der Waals surface area (Å²) >= 11 is 8.29. The molecule has 0 aliphatic rings. The van der Waals surface area contributed by atoms with E-state index in [1.807, 2.05) is 18.5 Å². The molecular formula is C12H10Br2FNS. The van der Waals surface area contributed by atoms with Gasteiger partial charge in [0.25, 0.3) is 0 Å². The average molecular weight is 379 g/mol. The first-order chi connectivity index (χ1) is 8.13. The Bertz CT molecular complexity index is 527. The van der Waals surface area contributed by atoms with Crippen molar-refractivity contribution >= 4 is 43.2 Å². The van der Waals surface area contributed by atoms with Crippen LogP contribution in [0.3, 0.4) is 0 Å². The molecule has 0 aliphatic heterocycles. The van der Waals surface area contributed by atoms with Crippen LogP contribution in [0, 0.1) is 5.82 Å². The highest BCUT2D eigenvalue weighted by Crippen LogP contribution is 2.32. The van der Waals surface area contributed by atoms with Gasteiger partial charge in [0, 0.05) is 9.85 Å². The van der Waals surface area contributed by atoms with Crippen molar-refractivity contribution in [2.75, 3.05) is 7.05 Å². The highest BCUT2D eigenvalue weighted by atomic mass is 79.9. The van der Waals surface area contributed by atoms with Crippen molar-refractivity contribution in [1.29, 1.82) is 0 Å². The summed E-state index contributed by atoms with van der Waals surface area (Å²) in [7, 11) is 1.87. The predicted octanol–water partition coefficient (Wildman–Crippen LogP) is 4.72. The van der Waals surface area contributed by atoms with Gasteiger partial charge in [-0.1, -0.05) is 6.07 Å². The van der Waals surface area contributed by atoms with E-state index in [0.717, 1.165) is 15.6 Å². The quantitative estimate of drug-likeness (QED) is 0.814. The Hall–Kier alpha value is -0.230. The van der Waals surface area contributed by atoms with Crippen LogP contribution in [-0.4, -0.2) is 7.05 Å². The molecule has 0 saturated carbocycles. The third kappa shape index (κ3) is 2.78. The molecule has 0 radical (unpaired) electrons. The topological polar surface area (TPSA) is 12.0 Å². The predicted molar refractivity (Wildman–Crippen MR) is 77.0 cm³/mol. The molecule has 0 aliphatic carbocycles. The van der Waals surface area contributed by atoms with Crippen LogP contribution < -0.4 is 5.32 Å². The van der Waals surface area contributed by atoms with Crippen LogP contribution in [0.2, 0.25) is 0 Å². The van der Waals surface area contributed by atoms with Gasteiger partial charge in [-0.25, -0.2) is 4.39 Å². The number of nitrogens with one attached hydrogen (secondary N) is 1. The maximum atomic E-state index is 13.5. The fraction of sp³-hybridized carbons (Fsp3) is 0.167. The van der Waals surface area contributed by atoms with E-state index < -0.39 is 0 Å². The summed E-state index contributed by atoms with van der Waals surface area (Å²) < 4.78 is 15.1. The lowest BCUT2D eigenvalue weighted by Gasteiger charge is -2.16. The Balaban J connectivity index is 2.42. The summed E-state index contributed by atoms with van der Waals surface area (Å²) in [6.45, 7) is 0. The Morgan fingerprint density at radius 3 is 2.53 bits per heavy atom. The molecule has 1 unspecified atom stereocenters. The zero-order chi connectivity index (χ0) is 12.4. The summed E-state index contributed by atoms with van der Waals surface area (Å²) in [5, 5.41) is 7.29. The minimum absolute atomic E-state index is 0.00164. The summed E-state index contributed by atoms with van der Waals surface area (Å²) in [5.41, 5.74) is 2.03. The maximum Gasteiger partial charge on any atom is 0.137 e. The highest BCUT2D eigenvalue weighted by molar-refractivity contribution is 9.10. The van der Waals surface area contributed by atoms with Gasteiger partial charge >= 0.3 is 0 Å². The van der Waals surface area contributed by atoms with Gasteiger partial charge in [-0.3, -0.25) is 0 Å². The third-order valence-corrected chi connectivity index (χ3v) is 4.91. The van der Waals surface area contributed by atoms with Crippen molar-refractivity contribution in [3.63, 3.8) is 0 Å². The Kier molecular flexibility index (Phi) is 4.36. The van der Waals surface area contributed by atoms with E-state index in [1.54, 1.807) is 23.5 Å². The molecular weight excluding hydrogens is 369 g/mol. The zero-order valence-electron chi connectivity index (χ0n) is 9.01. The van der Waals surface area contributed by atoms with Crippen molar-refractivity contribution in [3.8, 4) is 0 Å². The van der Waals surface area contributed by atoms with E-state index in [9.17, 15) is 4.39 Å². The molecule has 17 heavy (non-hydrogen) atoms. The van der Waals surface area contributed by atoms with E-state index in [2.05, 4.69) is 42.6 Å². The van der Waals surface area contributed by atoms with Gasteiger partial charge in [-0.2, -0.15) is 11.3 Å². The maximum absolute atomic E-state index is 13.5. The molecule has 90 valence electrons. The summed E-state index contributed by atoms with van der Waals surface area (Å²) in [6, 6.07) is 5.20. The van der Waals surface area contributed by atoms with Crippen molar-refractivity contribution in [2.24, 2.45) is 0 Å². The van der Waals surface area contributed by atoms with Crippen molar-refractivity contribution in [3.05, 3.63) is 54.8 Å². The van der Waals surface area contributed by atoms with Gasteiger partial charge in [0.2, 0.25) is 0 Å². The number of benzene rings is 1. The van der Waals surface area contributed by atoms with Crippen LogP contribution in [0.4, 0.5) is 4.39 Å². The molecule has 1 nitrogen and oxygen atoms in total. The lowest BCUT2D eigenvalue weighted by atomic mass is 10.0. The molecule has 2 rings (SSSR count). The van der Waals surface area contributed by atoms with Crippen LogP contribution >= 0.6 is 43.2 Å². The Morgan fingerprint density at radius 2 is 2.00 bits per heavy atom. The summed E-state index contributed by atoms with van der Waals surface area (Å²) in [5.74, 6) is -0.242. The molecule has 0 amide bonds. The number of thiophene rings is 1. The fourth-order valence-electron chi connectivity index (χ4n) is 1.69. The highest BCUT2D eigenvalue weighted by Gasteiger charge is 2.16. The Labute approximate surface area is 120 Å². The molecule has 1 N–H and O–H groups in total. The molecule has 1 aromatic carbocycles. The number of hydrogen-bond acceptors (Lipinski definition) is 2. The SMILES string of the molecule is CNC(c1ccc(Br)c(F)c1)c1cscc1Br. The van der Waals surface area contributed by atoms with E-state index in [0.29, 0.717) is 4.47 Å². The smallest absolute Gasteiger partial charge is 0.137 e. The van der Waals surface area contributed by atoms with Crippen LogP contribution in [0.1, 0.15) is 17.2 Å². The lowest BCUT2D eigenvalue weighted by molar-refractivity contribution is 0.610. The fourth-order valence-corrected chi connectivity index (χ4v) is 3.49. The van der Waals surface area contributed by atoms with Crippen LogP contribution in [0.15, 0.2) is 37.9 Å². The monoisotopic (exact) mass is 377 g/mol. The Morgan fingerprint density at radius 1 is 1.24 bits per heavy atom. The van der Waals surface area contributed by atoms with Gasteiger partial charge in [0.15, 0.2) is 0 Å². The first-order valence-electron chi connectivity index (χ1n) is 4.97. The van der Waals surface area contributed by atoms with Crippen molar-refractivity contribution < 1.29 is 4.39 Å². The number of hydrogen-bond donors (Lipinski definition) is 1. The lowest BCUT2D eigenvalue weighted by Crippen LogP contribution is -2.17. The van der Waals surface area contributed by atoms with Crippen molar-refractivity contribution in [1.82, 2.24) is 5.32 Å². The van der Waals surface area contributed by atoms with Crippen LogP contribution in [0.25, 0.3) is 0 Å². The molecule has 0 spiro atoms. The van der Waals surface area contributed by atoms with E-state index in [1.165, 1.54) is 0 Å².